The Morgan fingerprint density at radius 3 is 2.33 bits per heavy atom. The second-order valence-corrected chi connectivity index (χ2v) is 3.07. The van der Waals surface area contributed by atoms with Gasteiger partial charge in [0.15, 0.2) is 0 Å². The molecule has 0 aliphatic rings. The molecule has 4 heteroatoms. The molecule has 0 fully saturated rings. The lowest BCUT2D eigenvalue weighted by Crippen LogP contribution is -2.43. The first-order valence-corrected chi connectivity index (χ1v) is 4.08. The Morgan fingerprint density at radius 1 is 1.58 bits per heavy atom. The van der Waals surface area contributed by atoms with Gasteiger partial charge in [-0.05, 0) is 13.0 Å². The van der Waals surface area contributed by atoms with Crippen molar-refractivity contribution in [1.82, 2.24) is 4.90 Å². The Morgan fingerprint density at radius 2 is 2.08 bits per heavy atom. The molecule has 0 bridgehead atoms. The second kappa shape index (κ2) is 5.11. The van der Waals surface area contributed by atoms with Crippen LogP contribution in [0, 0.1) is 5.92 Å². The van der Waals surface area contributed by atoms with Crippen LogP contribution in [0.2, 0.25) is 0 Å². The molecule has 0 aromatic heterocycles. The summed E-state index contributed by atoms with van der Waals surface area (Å²) in [6.07, 6.45) is 0.793. The third kappa shape index (κ3) is 2.79. The van der Waals surface area contributed by atoms with Crippen LogP contribution in [0.4, 0.5) is 0 Å². The zero-order valence-electron chi connectivity index (χ0n) is 7.82. The van der Waals surface area contributed by atoms with Crippen LogP contribution in [0.3, 0.4) is 0 Å². The van der Waals surface area contributed by atoms with Crippen molar-refractivity contribution >= 4 is 5.97 Å². The molecular weight excluding hydrogens is 158 g/mol. The molecule has 0 saturated heterocycles. The number of aliphatic hydroxyl groups excluding tert-OH is 1. The molecule has 0 amide bonds. The summed E-state index contributed by atoms with van der Waals surface area (Å²) >= 11 is 0. The summed E-state index contributed by atoms with van der Waals surface area (Å²) in [4.78, 5) is 12.2. The van der Waals surface area contributed by atoms with E-state index in [4.69, 9.17) is 10.2 Å². The van der Waals surface area contributed by atoms with Gasteiger partial charge in [-0.3, -0.25) is 9.69 Å². The Hall–Kier alpha value is -0.610. The minimum absolute atomic E-state index is 0.0552. The summed E-state index contributed by atoms with van der Waals surface area (Å²) in [5, 5.41) is 17.6. The highest BCUT2D eigenvalue weighted by atomic mass is 16.4. The van der Waals surface area contributed by atoms with Gasteiger partial charge in [0.25, 0.3) is 0 Å². The Labute approximate surface area is 72.8 Å². The van der Waals surface area contributed by atoms with Gasteiger partial charge in [-0.2, -0.15) is 0 Å². The standard InChI is InChI=1S/C8H17NO3/c1-4-6(2)7(8(11)12)9(3)5-10/h6-7,10H,4-5H2,1-3H3,(H,11,12). The van der Waals surface area contributed by atoms with Crippen molar-refractivity contribution in [3.63, 3.8) is 0 Å². The molecule has 0 rings (SSSR count). The number of carboxylic acid groups (broad SMARTS) is 1. The van der Waals surface area contributed by atoms with Crippen molar-refractivity contribution in [2.75, 3.05) is 13.8 Å². The summed E-state index contributed by atoms with van der Waals surface area (Å²) in [6.45, 7) is 3.58. The van der Waals surface area contributed by atoms with E-state index in [2.05, 4.69) is 0 Å². The number of hydrogen-bond donors (Lipinski definition) is 2. The van der Waals surface area contributed by atoms with Crippen molar-refractivity contribution in [3.8, 4) is 0 Å². The van der Waals surface area contributed by atoms with Gasteiger partial charge in [-0.15, -0.1) is 0 Å². The molecule has 0 saturated carbocycles. The molecule has 12 heavy (non-hydrogen) atoms. The maximum Gasteiger partial charge on any atom is 0.321 e. The van der Waals surface area contributed by atoms with Crippen molar-refractivity contribution in [2.24, 2.45) is 5.92 Å². The van der Waals surface area contributed by atoms with E-state index in [1.807, 2.05) is 13.8 Å². The van der Waals surface area contributed by atoms with Crippen LogP contribution < -0.4 is 0 Å². The molecule has 0 aromatic carbocycles. The summed E-state index contributed by atoms with van der Waals surface area (Å²) < 4.78 is 0. The minimum atomic E-state index is -0.874. The van der Waals surface area contributed by atoms with Gasteiger partial charge in [0.2, 0.25) is 0 Å². The number of aliphatic hydroxyl groups is 1. The van der Waals surface area contributed by atoms with Gasteiger partial charge in [-0.1, -0.05) is 20.3 Å². The molecule has 0 aromatic rings. The summed E-state index contributed by atoms with van der Waals surface area (Å²) in [7, 11) is 1.60. The van der Waals surface area contributed by atoms with E-state index >= 15 is 0 Å². The summed E-state index contributed by atoms with van der Waals surface area (Å²) in [5.41, 5.74) is 0. The normalized spacial score (nSPS) is 16.1. The van der Waals surface area contributed by atoms with Crippen LogP contribution >= 0.6 is 0 Å². The monoisotopic (exact) mass is 175 g/mol. The molecule has 0 heterocycles. The molecule has 0 aliphatic carbocycles. The van der Waals surface area contributed by atoms with E-state index in [9.17, 15) is 4.79 Å². The molecule has 72 valence electrons. The summed E-state index contributed by atoms with van der Waals surface area (Å²) in [5.74, 6) is -0.819. The number of aliphatic carboxylic acids is 1. The van der Waals surface area contributed by atoms with Crippen molar-refractivity contribution in [3.05, 3.63) is 0 Å². The van der Waals surface area contributed by atoms with Gasteiger partial charge < -0.3 is 10.2 Å². The summed E-state index contributed by atoms with van der Waals surface area (Å²) in [6, 6.07) is -0.583. The maximum absolute atomic E-state index is 10.7. The molecule has 2 unspecified atom stereocenters. The van der Waals surface area contributed by atoms with Crippen molar-refractivity contribution < 1.29 is 15.0 Å². The van der Waals surface area contributed by atoms with Crippen molar-refractivity contribution in [1.29, 1.82) is 0 Å². The van der Waals surface area contributed by atoms with Crippen LogP contribution in [-0.2, 0) is 4.79 Å². The first-order valence-electron chi connectivity index (χ1n) is 4.08. The number of carbonyl (C=O) groups is 1. The van der Waals surface area contributed by atoms with E-state index in [0.717, 1.165) is 6.42 Å². The predicted octanol–water partition coefficient (Wildman–Crippen LogP) is 0.367. The zero-order valence-corrected chi connectivity index (χ0v) is 7.82. The highest BCUT2D eigenvalue weighted by Gasteiger charge is 2.26. The van der Waals surface area contributed by atoms with E-state index in [-0.39, 0.29) is 12.6 Å². The van der Waals surface area contributed by atoms with E-state index in [1.54, 1.807) is 7.05 Å². The van der Waals surface area contributed by atoms with Crippen LogP contribution in [0.15, 0.2) is 0 Å². The highest BCUT2D eigenvalue weighted by Crippen LogP contribution is 2.12. The SMILES string of the molecule is CCC(C)C(C(=O)O)N(C)CO. The molecule has 4 nitrogen and oxygen atoms in total. The number of likely N-dealkylation sites (N-methyl/N-ethyl adjacent to an activating group) is 1. The quantitative estimate of drug-likeness (QED) is 0.592. The van der Waals surface area contributed by atoms with Crippen LogP contribution in [0.5, 0.6) is 0 Å². The molecule has 2 N–H and O–H groups in total. The zero-order chi connectivity index (χ0) is 9.72. The second-order valence-electron chi connectivity index (χ2n) is 3.07. The average molecular weight is 175 g/mol. The fourth-order valence-corrected chi connectivity index (χ4v) is 1.18. The van der Waals surface area contributed by atoms with E-state index < -0.39 is 12.0 Å². The van der Waals surface area contributed by atoms with Crippen LogP contribution in [0.1, 0.15) is 20.3 Å². The third-order valence-electron chi connectivity index (χ3n) is 2.13. The van der Waals surface area contributed by atoms with Crippen LogP contribution in [-0.4, -0.2) is 40.9 Å². The van der Waals surface area contributed by atoms with Crippen LogP contribution in [0.25, 0.3) is 0 Å². The molecule has 0 aliphatic heterocycles. The van der Waals surface area contributed by atoms with Gasteiger partial charge in [0, 0.05) is 0 Å². The van der Waals surface area contributed by atoms with E-state index in [1.165, 1.54) is 4.90 Å². The van der Waals surface area contributed by atoms with Gasteiger partial charge in [-0.25, -0.2) is 0 Å². The molecule has 2 atom stereocenters. The lowest BCUT2D eigenvalue weighted by Gasteiger charge is -2.26. The van der Waals surface area contributed by atoms with Gasteiger partial charge in [0.1, 0.15) is 6.04 Å². The number of rotatable bonds is 5. The topological polar surface area (TPSA) is 60.8 Å². The van der Waals surface area contributed by atoms with Gasteiger partial charge in [0.05, 0.1) is 6.73 Å². The fourth-order valence-electron chi connectivity index (χ4n) is 1.18. The Bertz CT molecular complexity index is 139. The van der Waals surface area contributed by atoms with Gasteiger partial charge >= 0.3 is 5.97 Å². The molecule has 0 radical (unpaired) electrons. The molecular formula is C8H17NO3. The maximum atomic E-state index is 10.7. The number of nitrogens with zero attached hydrogens (tertiary/aromatic N) is 1. The predicted molar refractivity (Wildman–Crippen MR) is 45.7 cm³/mol. The lowest BCUT2D eigenvalue weighted by molar-refractivity contribution is -0.146. The number of hydrogen-bond acceptors (Lipinski definition) is 3. The molecule has 0 spiro atoms. The number of carboxylic acids is 1. The minimum Gasteiger partial charge on any atom is -0.480 e. The smallest absolute Gasteiger partial charge is 0.321 e. The first kappa shape index (κ1) is 11.4. The fraction of sp³-hybridized carbons (Fsp3) is 0.875. The Balaban J connectivity index is 4.32. The lowest BCUT2D eigenvalue weighted by atomic mass is 9.98. The first-order chi connectivity index (χ1) is 5.54. The third-order valence-corrected chi connectivity index (χ3v) is 2.13. The average Bonchev–Trinajstić information content (AvgIpc) is 2.03. The Kier molecular flexibility index (Phi) is 4.85. The highest BCUT2D eigenvalue weighted by molar-refractivity contribution is 5.73. The van der Waals surface area contributed by atoms with Crippen molar-refractivity contribution in [2.45, 2.75) is 26.3 Å². The van der Waals surface area contributed by atoms with E-state index in [0.29, 0.717) is 0 Å². The largest absolute Gasteiger partial charge is 0.480 e.